The van der Waals surface area contributed by atoms with E-state index in [1.54, 1.807) is 36.4 Å². The molecule has 0 fully saturated rings. The summed E-state index contributed by atoms with van der Waals surface area (Å²) in [7, 11) is 0. The maximum atomic E-state index is 13.5. The molecule has 0 saturated carbocycles. The Labute approximate surface area is 110 Å². The minimum atomic E-state index is -0.388. The molecule has 2 rings (SSSR count). The smallest absolute Gasteiger partial charge is 0.131 e. The van der Waals surface area contributed by atoms with Crippen LogP contribution in [0.25, 0.3) is 0 Å². The number of benzene rings is 2. The molecular formula is C14H12ClFO2. The second-order valence-corrected chi connectivity index (χ2v) is 4.20. The van der Waals surface area contributed by atoms with Gasteiger partial charge in [-0.2, -0.15) is 0 Å². The number of aliphatic hydroxyl groups excluding tert-OH is 1. The van der Waals surface area contributed by atoms with Crippen LogP contribution >= 0.6 is 11.6 Å². The van der Waals surface area contributed by atoms with Crippen LogP contribution in [0.5, 0.6) is 5.75 Å². The lowest BCUT2D eigenvalue weighted by Crippen LogP contribution is -1.99. The summed E-state index contributed by atoms with van der Waals surface area (Å²) in [6.07, 6.45) is 0. The molecule has 0 aliphatic carbocycles. The van der Waals surface area contributed by atoms with Crippen LogP contribution in [0.1, 0.15) is 11.1 Å². The van der Waals surface area contributed by atoms with Crippen LogP contribution in [-0.4, -0.2) is 5.11 Å². The Morgan fingerprint density at radius 3 is 2.67 bits per heavy atom. The van der Waals surface area contributed by atoms with Crippen molar-refractivity contribution in [2.75, 3.05) is 0 Å². The number of rotatable bonds is 4. The highest BCUT2D eigenvalue weighted by molar-refractivity contribution is 6.31. The lowest BCUT2D eigenvalue weighted by molar-refractivity contribution is 0.277. The van der Waals surface area contributed by atoms with Gasteiger partial charge in [-0.05, 0) is 29.8 Å². The summed E-state index contributed by atoms with van der Waals surface area (Å²) in [5.41, 5.74) is 1.07. The van der Waals surface area contributed by atoms with Gasteiger partial charge in [0.1, 0.15) is 18.2 Å². The number of ether oxygens (including phenoxy) is 1. The van der Waals surface area contributed by atoms with Crippen LogP contribution in [0.2, 0.25) is 5.02 Å². The Morgan fingerprint density at radius 1 is 1.17 bits per heavy atom. The first-order chi connectivity index (χ1) is 8.70. The van der Waals surface area contributed by atoms with Crippen molar-refractivity contribution in [2.45, 2.75) is 13.2 Å². The molecule has 4 heteroatoms. The number of hydrogen-bond acceptors (Lipinski definition) is 2. The molecule has 0 bridgehead atoms. The first kappa shape index (κ1) is 12.9. The van der Waals surface area contributed by atoms with Crippen molar-refractivity contribution in [2.24, 2.45) is 0 Å². The molecular weight excluding hydrogens is 255 g/mol. The standard InChI is InChI=1S/C14H12ClFO2/c15-13-5-2-6-14(16)12(13)9-18-11-4-1-3-10(7-11)8-17/h1-7,17H,8-9H2. The molecule has 94 valence electrons. The van der Waals surface area contributed by atoms with Crippen LogP contribution in [0.3, 0.4) is 0 Å². The maximum absolute atomic E-state index is 13.5. The van der Waals surface area contributed by atoms with E-state index in [2.05, 4.69) is 0 Å². The largest absolute Gasteiger partial charge is 0.489 e. The summed E-state index contributed by atoms with van der Waals surface area (Å²) in [4.78, 5) is 0. The van der Waals surface area contributed by atoms with Gasteiger partial charge in [0.05, 0.1) is 11.6 Å². The number of aliphatic hydroxyl groups is 1. The van der Waals surface area contributed by atoms with Crippen molar-refractivity contribution >= 4 is 11.6 Å². The average Bonchev–Trinajstić information content (AvgIpc) is 2.38. The average molecular weight is 267 g/mol. The molecule has 2 aromatic rings. The fraction of sp³-hybridized carbons (Fsp3) is 0.143. The van der Waals surface area contributed by atoms with Gasteiger partial charge in [-0.25, -0.2) is 4.39 Å². The summed E-state index contributed by atoms with van der Waals surface area (Å²) in [6, 6.07) is 11.5. The van der Waals surface area contributed by atoms with Gasteiger partial charge in [0, 0.05) is 5.56 Å². The van der Waals surface area contributed by atoms with Gasteiger partial charge in [-0.1, -0.05) is 29.8 Å². The van der Waals surface area contributed by atoms with E-state index < -0.39 is 0 Å². The molecule has 0 radical (unpaired) electrons. The van der Waals surface area contributed by atoms with E-state index in [1.807, 2.05) is 0 Å². The monoisotopic (exact) mass is 266 g/mol. The van der Waals surface area contributed by atoms with Crippen LogP contribution in [0.15, 0.2) is 42.5 Å². The molecule has 0 spiro atoms. The highest BCUT2D eigenvalue weighted by Gasteiger charge is 2.07. The van der Waals surface area contributed by atoms with E-state index in [4.69, 9.17) is 21.4 Å². The third-order valence-corrected chi connectivity index (χ3v) is 2.88. The van der Waals surface area contributed by atoms with Gasteiger partial charge in [0.25, 0.3) is 0 Å². The second kappa shape index (κ2) is 5.85. The van der Waals surface area contributed by atoms with Gasteiger partial charge < -0.3 is 9.84 Å². The van der Waals surface area contributed by atoms with Gasteiger partial charge in [-0.3, -0.25) is 0 Å². The Hall–Kier alpha value is -1.58. The molecule has 0 unspecified atom stereocenters. The molecule has 2 nitrogen and oxygen atoms in total. The third kappa shape index (κ3) is 3.00. The molecule has 0 amide bonds. The fourth-order valence-corrected chi connectivity index (χ4v) is 1.78. The summed E-state index contributed by atoms with van der Waals surface area (Å²) < 4.78 is 19.0. The summed E-state index contributed by atoms with van der Waals surface area (Å²) in [5, 5.41) is 9.34. The van der Waals surface area contributed by atoms with Crippen molar-refractivity contribution in [3.63, 3.8) is 0 Å². The second-order valence-electron chi connectivity index (χ2n) is 3.79. The van der Waals surface area contributed by atoms with E-state index >= 15 is 0 Å². The SMILES string of the molecule is OCc1cccc(OCc2c(F)cccc2Cl)c1. The van der Waals surface area contributed by atoms with E-state index in [0.717, 1.165) is 5.56 Å². The minimum absolute atomic E-state index is 0.0559. The highest BCUT2D eigenvalue weighted by atomic mass is 35.5. The fourth-order valence-electron chi connectivity index (χ4n) is 1.56. The Balaban J connectivity index is 2.11. The molecule has 0 aliphatic rings. The molecule has 0 heterocycles. The third-order valence-electron chi connectivity index (χ3n) is 2.53. The predicted octanol–water partition coefficient (Wildman–Crippen LogP) is 3.55. The van der Waals surface area contributed by atoms with Gasteiger partial charge in [-0.15, -0.1) is 0 Å². The van der Waals surface area contributed by atoms with E-state index in [1.165, 1.54) is 6.07 Å². The van der Waals surface area contributed by atoms with Crippen LogP contribution in [0.4, 0.5) is 4.39 Å². The molecule has 18 heavy (non-hydrogen) atoms. The van der Waals surface area contributed by atoms with E-state index in [9.17, 15) is 4.39 Å². The normalized spacial score (nSPS) is 10.4. The predicted molar refractivity (Wildman–Crippen MR) is 68.1 cm³/mol. The number of hydrogen-bond donors (Lipinski definition) is 1. The quantitative estimate of drug-likeness (QED) is 0.917. The van der Waals surface area contributed by atoms with Gasteiger partial charge in [0.2, 0.25) is 0 Å². The Bertz CT molecular complexity index is 523. The van der Waals surface area contributed by atoms with Crippen LogP contribution in [0, 0.1) is 5.82 Å². The molecule has 2 aromatic carbocycles. The summed E-state index contributed by atoms with van der Waals surface area (Å²) >= 11 is 5.89. The molecule has 0 atom stereocenters. The molecule has 0 aromatic heterocycles. The van der Waals surface area contributed by atoms with E-state index in [0.29, 0.717) is 16.3 Å². The first-order valence-electron chi connectivity index (χ1n) is 5.46. The lowest BCUT2D eigenvalue weighted by atomic mass is 10.2. The zero-order valence-electron chi connectivity index (χ0n) is 9.57. The number of halogens is 2. The molecule has 0 aliphatic heterocycles. The maximum Gasteiger partial charge on any atom is 0.131 e. The van der Waals surface area contributed by atoms with Crippen molar-refractivity contribution in [1.29, 1.82) is 0 Å². The van der Waals surface area contributed by atoms with E-state index in [-0.39, 0.29) is 19.0 Å². The Kier molecular flexibility index (Phi) is 4.18. The summed E-state index contributed by atoms with van der Waals surface area (Å²) in [5.74, 6) is 0.182. The Morgan fingerprint density at radius 2 is 1.94 bits per heavy atom. The first-order valence-corrected chi connectivity index (χ1v) is 5.84. The van der Waals surface area contributed by atoms with Gasteiger partial charge in [0.15, 0.2) is 0 Å². The zero-order valence-corrected chi connectivity index (χ0v) is 10.3. The van der Waals surface area contributed by atoms with Crippen LogP contribution < -0.4 is 4.74 Å². The highest BCUT2D eigenvalue weighted by Crippen LogP contribution is 2.21. The van der Waals surface area contributed by atoms with Crippen LogP contribution in [-0.2, 0) is 13.2 Å². The van der Waals surface area contributed by atoms with Crippen molar-refractivity contribution in [3.05, 3.63) is 64.4 Å². The van der Waals surface area contributed by atoms with Crippen molar-refractivity contribution < 1.29 is 14.2 Å². The van der Waals surface area contributed by atoms with Crippen molar-refractivity contribution in [3.8, 4) is 5.75 Å². The zero-order chi connectivity index (χ0) is 13.0. The molecule has 0 saturated heterocycles. The minimum Gasteiger partial charge on any atom is -0.489 e. The molecule has 1 N–H and O–H groups in total. The summed E-state index contributed by atoms with van der Waals surface area (Å²) in [6.45, 7) is -0.00194. The van der Waals surface area contributed by atoms with Gasteiger partial charge >= 0.3 is 0 Å². The van der Waals surface area contributed by atoms with Crippen molar-refractivity contribution in [1.82, 2.24) is 0 Å². The lowest BCUT2D eigenvalue weighted by Gasteiger charge is -2.09. The topological polar surface area (TPSA) is 29.5 Å².